The number of alkyl carbamates (subject to hydrolysis) is 1. The molecule has 0 aliphatic heterocycles. The van der Waals surface area contributed by atoms with E-state index in [1.165, 1.54) is 12.0 Å². The van der Waals surface area contributed by atoms with Gasteiger partial charge in [-0.05, 0) is 57.7 Å². The van der Waals surface area contributed by atoms with Gasteiger partial charge in [0, 0.05) is 12.3 Å². The molecule has 196 valence electrons. The Morgan fingerprint density at radius 1 is 1.11 bits per heavy atom. The highest BCUT2D eigenvalue weighted by Crippen LogP contribution is 2.25. The molecule has 0 saturated heterocycles. The van der Waals surface area contributed by atoms with Gasteiger partial charge in [0.25, 0.3) is 0 Å². The Bertz CT molecular complexity index is 900. The zero-order chi connectivity index (χ0) is 26.8. The van der Waals surface area contributed by atoms with Crippen LogP contribution < -0.4 is 10.6 Å². The summed E-state index contributed by atoms with van der Waals surface area (Å²) in [6.07, 6.45) is 0.652. The molecule has 2 N–H and O–H groups in total. The van der Waals surface area contributed by atoms with Gasteiger partial charge in [-0.15, -0.1) is 0 Å². The van der Waals surface area contributed by atoms with Gasteiger partial charge < -0.3 is 25.0 Å². The van der Waals surface area contributed by atoms with E-state index in [-0.39, 0.29) is 18.8 Å². The molecule has 0 aromatic heterocycles. The third-order valence-electron chi connectivity index (χ3n) is 5.25. The van der Waals surface area contributed by atoms with Crippen LogP contribution in [0.2, 0.25) is 0 Å². The van der Waals surface area contributed by atoms with Crippen LogP contribution >= 0.6 is 12.6 Å². The first-order chi connectivity index (χ1) is 16.3. The summed E-state index contributed by atoms with van der Waals surface area (Å²) >= 11 is 4.27. The Kier molecular flexibility index (Phi) is 12.1. The molecule has 3 amide bonds. The van der Waals surface area contributed by atoms with Crippen molar-refractivity contribution in [2.45, 2.75) is 72.1 Å². The van der Waals surface area contributed by atoms with Gasteiger partial charge in [-0.25, -0.2) is 4.79 Å². The molecule has 1 rings (SSSR count). The maximum absolute atomic E-state index is 13.7. The van der Waals surface area contributed by atoms with E-state index in [0.29, 0.717) is 12.0 Å². The van der Waals surface area contributed by atoms with E-state index in [9.17, 15) is 19.2 Å². The fraction of sp³-hybridized carbons (Fsp3) is 0.600. The number of amides is 3. The van der Waals surface area contributed by atoms with Crippen LogP contribution in [0.5, 0.6) is 0 Å². The van der Waals surface area contributed by atoms with E-state index in [2.05, 4.69) is 28.0 Å². The number of benzene rings is 1. The van der Waals surface area contributed by atoms with Crippen molar-refractivity contribution in [3.8, 4) is 0 Å². The lowest BCUT2D eigenvalue weighted by molar-refractivity contribution is -0.144. The predicted molar refractivity (Wildman–Crippen MR) is 137 cm³/mol. The number of thiol groups is 1. The molecule has 2 atom stereocenters. The van der Waals surface area contributed by atoms with Crippen LogP contribution in [0, 0.1) is 13.8 Å². The maximum atomic E-state index is 13.7. The molecular weight excluding hydrogens is 470 g/mol. The van der Waals surface area contributed by atoms with Gasteiger partial charge >= 0.3 is 12.1 Å². The summed E-state index contributed by atoms with van der Waals surface area (Å²) in [6, 6.07) is 3.46. The zero-order valence-electron chi connectivity index (χ0n) is 21.8. The number of hydrogen-bond donors (Lipinski definition) is 3. The molecule has 1 aromatic carbocycles. The molecule has 0 aliphatic rings. The Morgan fingerprint density at radius 3 is 2.29 bits per heavy atom. The third-order valence-corrected chi connectivity index (χ3v) is 5.61. The molecular formula is C25H39N3O6S. The largest absolute Gasteiger partial charge is 0.468 e. The lowest BCUT2D eigenvalue weighted by Gasteiger charge is -2.34. The lowest BCUT2D eigenvalue weighted by atomic mass is 9.98. The van der Waals surface area contributed by atoms with E-state index < -0.39 is 41.6 Å². The summed E-state index contributed by atoms with van der Waals surface area (Å²) < 4.78 is 9.92. The van der Waals surface area contributed by atoms with Crippen LogP contribution in [0.3, 0.4) is 0 Å². The van der Waals surface area contributed by atoms with Crippen molar-refractivity contribution in [2.24, 2.45) is 0 Å². The minimum atomic E-state index is -1.03. The topological polar surface area (TPSA) is 114 Å². The van der Waals surface area contributed by atoms with Crippen LogP contribution in [0.4, 0.5) is 4.79 Å². The molecule has 1 aromatic rings. The Hall–Kier alpha value is -2.75. The van der Waals surface area contributed by atoms with Gasteiger partial charge in [0.15, 0.2) is 0 Å². The number of aryl methyl sites for hydroxylation is 2. The van der Waals surface area contributed by atoms with E-state index in [1.807, 2.05) is 32.9 Å². The first kappa shape index (κ1) is 30.3. The second-order valence-electron chi connectivity index (χ2n) is 9.31. The molecule has 0 saturated carbocycles. The Labute approximate surface area is 213 Å². The van der Waals surface area contributed by atoms with Gasteiger partial charge in [0.2, 0.25) is 11.8 Å². The summed E-state index contributed by atoms with van der Waals surface area (Å²) in [5.74, 6) is -1.61. The minimum absolute atomic E-state index is 0.00409. The van der Waals surface area contributed by atoms with Crippen molar-refractivity contribution >= 4 is 36.5 Å². The van der Waals surface area contributed by atoms with Gasteiger partial charge in [-0.1, -0.05) is 31.5 Å². The van der Waals surface area contributed by atoms with Gasteiger partial charge in [0.1, 0.15) is 24.2 Å². The highest BCUT2D eigenvalue weighted by atomic mass is 32.1. The summed E-state index contributed by atoms with van der Waals surface area (Å²) in [7, 11) is 1.23. The first-order valence-corrected chi connectivity index (χ1v) is 12.3. The fourth-order valence-corrected chi connectivity index (χ4v) is 3.51. The first-order valence-electron chi connectivity index (χ1n) is 11.7. The van der Waals surface area contributed by atoms with E-state index >= 15 is 0 Å². The van der Waals surface area contributed by atoms with Crippen LogP contribution in [0.25, 0.3) is 0 Å². The average Bonchev–Trinajstić information content (AvgIpc) is 2.78. The van der Waals surface area contributed by atoms with Crippen molar-refractivity contribution in [2.75, 3.05) is 26.0 Å². The number of methoxy groups -OCH3 is 1. The third kappa shape index (κ3) is 9.79. The number of hydrogen-bond acceptors (Lipinski definition) is 7. The predicted octanol–water partition coefficient (Wildman–Crippen LogP) is 3.09. The molecule has 0 fully saturated rings. The van der Waals surface area contributed by atoms with Crippen molar-refractivity contribution in [3.05, 3.63) is 34.9 Å². The average molecular weight is 510 g/mol. The van der Waals surface area contributed by atoms with Crippen LogP contribution in [0.1, 0.15) is 63.3 Å². The molecule has 0 bridgehead atoms. The smallest absolute Gasteiger partial charge is 0.408 e. The van der Waals surface area contributed by atoms with Crippen molar-refractivity contribution < 1.29 is 28.7 Å². The van der Waals surface area contributed by atoms with Gasteiger partial charge in [0.05, 0.1) is 7.11 Å². The second kappa shape index (κ2) is 14.0. The van der Waals surface area contributed by atoms with Crippen LogP contribution in [-0.4, -0.2) is 66.4 Å². The van der Waals surface area contributed by atoms with Crippen molar-refractivity contribution in [3.63, 3.8) is 0 Å². The molecule has 35 heavy (non-hydrogen) atoms. The number of esters is 1. The van der Waals surface area contributed by atoms with E-state index in [1.54, 1.807) is 26.8 Å². The van der Waals surface area contributed by atoms with Gasteiger partial charge in [-0.3, -0.25) is 14.4 Å². The Balaban J connectivity index is 3.40. The van der Waals surface area contributed by atoms with E-state index in [0.717, 1.165) is 17.5 Å². The van der Waals surface area contributed by atoms with E-state index in [4.69, 9.17) is 4.74 Å². The number of nitrogens with one attached hydrogen (secondary N) is 2. The number of ether oxygens (including phenoxy) is 2. The fourth-order valence-electron chi connectivity index (χ4n) is 3.27. The van der Waals surface area contributed by atoms with Crippen molar-refractivity contribution in [1.82, 2.24) is 15.5 Å². The quantitative estimate of drug-likeness (QED) is 0.312. The van der Waals surface area contributed by atoms with Crippen molar-refractivity contribution in [1.29, 1.82) is 0 Å². The highest BCUT2D eigenvalue weighted by molar-refractivity contribution is 7.80. The van der Waals surface area contributed by atoms with Gasteiger partial charge in [-0.2, -0.15) is 12.6 Å². The number of carbonyl (C=O) groups excluding carboxylic acids is 4. The highest BCUT2D eigenvalue weighted by Gasteiger charge is 2.35. The monoisotopic (exact) mass is 509 g/mol. The summed E-state index contributed by atoms with van der Waals surface area (Å²) in [5.41, 5.74) is 1.84. The number of nitrogens with zero attached hydrogens (tertiary/aromatic N) is 1. The Morgan fingerprint density at radius 2 is 1.77 bits per heavy atom. The molecule has 2 unspecified atom stereocenters. The SMILES string of the molecule is CCCCN(C(=O)C(CS)NC(=O)OC(C)(C)C)C(C(=O)NCC(=O)OC)c1ccc(C)c(C)c1. The van der Waals surface area contributed by atoms with Crippen LogP contribution in [0.15, 0.2) is 18.2 Å². The lowest BCUT2D eigenvalue weighted by Crippen LogP contribution is -2.54. The summed E-state index contributed by atoms with van der Waals surface area (Å²) in [6.45, 7) is 10.9. The summed E-state index contributed by atoms with van der Waals surface area (Å²) in [4.78, 5) is 52.5. The molecule has 0 radical (unpaired) electrons. The zero-order valence-corrected chi connectivity index (χ0v) is 22.7. The maximum Gasteiger partial charge on any atom is 0.408 e. The number of unbranched alkanes of at least 4 members (excludes halogenated alkanes) is 1. The minimum Gasteiger partial charge on any atom is -0.468 e. The number of rotatable bonds is 11. The number of carbonyl (C=O) groups is 4. The standard InChI is InChI=1S/C25H39N3O6S/c1-8-9-12-28(23(31)19(15-35)27-24(32)34-25(4,5)6)21(22(30)26-14-20(29)33-7)18-11-10-16(2)17(3)13-18/h10-11,13,19,21,35H,8-9,12,14-15H2,1-7H3,(H,26,30)(H,27,32). The molecule has 0 aliphatic carbocycles. The van der Waals surface area contributed by atoms with Crippen LogP contribution in [-0.2, 0) is 23.9 Å². The normalized spacial score (nSPS) is 12.8. The molecule has 9 nitrogen and oxygen atoms in total. The molecule has 0 spiro atoms. The summed E-state index contributed by atoms with van der Waals surface area (Å²) in [5, 5.41) is 5.14. The molecule has 0 heterocycles. The molecule has 10 heteroatoms. The second-order valence-corrected chi connectivity index (χ2v) is 9.67.